The summed E-state index contributed by atoms with van der Waals surface area (Å²) in [6.07, 6.45) is 5.13. The van der Waals surface area contributed by atoms with Crippen LogP contribution in [0.2, 0.25) is 0 Å². The number of fused-ring (bicyclic) bond motifs is 2. The minimum Gasteiger partial charge on any atom is -0.410 e. The number of hydrogen-bond acceptors (Lipinski definition) is 5. The van der Waals surface area contributed by atoms with Gasteiger partial charge < -0.3 is 14.5 Å². The van der Waals surface area contributed by atoms with Gasteiger partial charge in [0.25, 0.3) is 5.91 Å². The molecule has 4 rings (SSSR count). The van der Waals surface area contributed by atoms with Crippen LogP contribution in [0, 0.1) is 0 Å². The summed E-state index contributed by atoms with van der Waals surface area (Å²) in [6, 6.07) is 10.2. The SMILES string of the molecule is CCCCCCCS(=O)(=O)c1ccc2c(c1)CCN2C(=O)c1ccc2c(c1)CN(C)C(=O)O2. The first kappa shape index (κ1) is 23.3. The number of ether oxygens (including phenoxy) is 1. The Hall–Kier alpha value is -2.87. The first-order valence-corrected chi connectivity index (χ1v) is 13.2. The van der Waals surface area contributed by atoms with Gasteiger partial charge in [-0.2, -0.15) is 0 Å². The fraction of sp³-hybridized carbons (Fsp3) is 0.440. The van der Waals surface area contributed by atoms with Crippen LogP contribution < -0.4 is 9.64 Å². The van der Waals surface area contributed by atoms with Crippen LogP contribution in [0.4, 0.5) is 10.5 Å². The highest BCUT2D eigenvalue weighted by molar-refractivity contribution is 7.91. The van der Waals surface area contributed by atoms with E-state index in [9.17, 15) is 18.0 Å². The first-order chi connectivity index (χ1) is 15.8. The summed E-state index contributed by atoms with van der Waals surface area (Å²) < 4.78 is 30.8. The molecule has 7 nitrogen and oxygen atoms in total. The van der Waals surface area contributed by atoms with Crippen molar-refractivity contribution in [1.29, 1.82) is 0 Å². The van der Waals surface area contributed by atoms with Crippen molar-refractivity contribution in [3.63, 3.8) is 0 Å². The number of amides is 2. The second kappa shape index (κ2) is 9.55. The van der Waals surface area contributed by atoms with Gasteiger partial charge in [-0.3, -0.25) is 4.79 Å². The Balaban J connectivity index is 1.48. The molecule has 2 heterocycles. The highest BCUT2D eigenvalue weighted by Gasteiger charge is 2.29. The van der Waals surface area contributed by atoms with Crippen molar-refractivity contribution in [1.82, 2.24) is 4.90 Å². The first-order valence-electron chi connectivity index (χ1n) is 11.5. The number of benzene rings is 2. The minimum atomic E-state index is -3.33. The largest absolute Gasteiger partial charge is 0.415 e. The lowest BCUT2D eigenvalue weighted by Gasteiger charge is -2.25. The van der Waals surface area contributed by atoms with E-state index in [1.54, 1.807) is 48.3 Å². The molecular formula is C25H30N2O5S. The number of anilines is 1. The van der Waals surface area contributed by atoms with E-state index in [4.69, 9.17) is 4.74 Å². The number of rotatable bonds is 8. The number of nitrogens with zero attached hydrogens (tertiary/aromatic N) is 2. The third-order valence-electron chi connectivity index (χ3n) is 6.29. The van der Waals surface area contributed by atoms with Crippen LogP contribution in [0.5, 0.6) is 5.75 Å². The van der Waals surface area contributed by atoms with E-state index in [1.807, 2.05) is 0 Å². The van der Waals surface area contributed by atoms with Crippen molar-refractivity contribution in [3.05, 3.63) is 53.1 Å². The summed E-state index contributed by atoms with van der Waals surface area (Å²) in [4.78, 5) is 28.4. The van der Waals surface area contributed by atoms with Gasteiger partial charge in [0, 0.05) is 30.4 Å². The molecule has 2 aliphatic heterocycles. The van der Waals surface area contributed by atoms with Gasteiger partial charge in [0.2, 0.25) is 0 Å². The van der Waals surface area contributed by atoms with Gasteiger partial charge in [0.05, 0.1) is 17.2 Å². The Morgan fingerprint density at radius 2 is 1.82 bits per heavy atom. The zero-order valence-corrected chi connectivity index (χ0v) is 20.0. The Morgan fingerprint density at radius 3 is 2.61 bits per heavy atom. The molecule has 0 atom stereocenters. The molecule has 33 heavy (non-hydrogen) atoms. The molecule has 0 N–H and O–H groups in total. The second-order valence-corrected chi connectivity index (χ2v) is 10.9. The van der Waals surface area contributed by atoms with Crippen LogP contribution in [0.3, 0.4) is 0 Å². The molecule has 0 saturated heterocycles. The Kier molecular flexibility index (Phi) is 6.74. The van der Waals surface area contributed by atoms with E-state index in [2.05, 4.69) is 6.92 Å². The molecule has 0 unspecified atom stereocenters. The van der Waals surface area contributed by atoms with Crippen LogP contribution in [-0.2, 0) is 22.8 Å². The van der Waals surface area contributed by atoms with E-state index in [0.717, 1.165) is 42.5 Å². The third kappa shape index (κ3) is 4.90. The van der Waals surface area contributed by atoms with Crippen LogP contribution in [0.15, 0.2) is 41.3 Å². The molecular weight excluding hydrogens is 440 g/mol. The zero-order valence-electron chi connectivity index (χ0n) is 19.2. The smallest absolute Gasteiger partial charge is 0.410 e. The molecule has 0 saturated carbocycles. The van der Waals surface area contributed by atoms with Crippen molar-refractivity contribution in [2.75, 3.05) is 24.2 Å². The van der Waals surface area contributed by atoms with Crippen LogP contribution in [0.1, 0.15) is 60.5 Å². The van der Waals surface area contributed by atoms with E-state index in [-0.39, 0.29) is 11.7 Å². The minimum absolute atomic E-state index is 0.150. The number of unbranched alkanes of at least 4 members (excludes halogenated alkanes) is 4. The van der Waals surface area contributed by atoms with Crippen molar-refractivity contribution in [3.8, 4) is 5.75 Å². The topological polar surface area (TPSA) is 84.0 Å². The molecule has 0 aliphatic carbocycles. The van der Waals surface area contributed by atoms with E-state index >= 15 is 0 Å². The van der Waals surface area contributed by atoms with Gasteiger partial charge in [0.1, 0.15) is 5.75 Å². The fourth-order valence-corrected chi connectivity index (χ4v) is 5.80. The third-order valence-corrected chi connectivity index (χ3v) is 8.09. The summed E-state index contributed by atoms with van der Waals surface area (Å²) in [6.45, 7) is 3.02. The fourth-order valence-electron chi connectivity index (χ4n) is 4.38. The van der Waals surface area contributed by atoms with E-state index < -0.39 is 15.9 Å². The highest BCUT2D eigenvalue weighted by Crippen LogP contribution is 2.33. The zero-order chi connectivity index (χ0) is 23.6. The van der Waals surface area contributed by atoms with E-state index in [1.165, 1.54) is 4.90 Å². The van der Waals surface area contributed by atoms with Crippen LogP contribution in [0.25, 0.3) is 0 Å². The molecule has 2 aromatic rings. The summed E-state index contributed by atoms with van der Waals surface area (Å²) in [5.74, 6) is 0.482. The molecule has 2 amide bonds. The Bertz CT molecular complexity index is 1180. The molecule has 0 bridgehead atoms. The van der Waals surface area contributed by atoms with Gasteiger partial charge in [-0.1, -0.05) is 32.6 Å². The molecule has 0 aromatic heterocycles. The molecule has 0 radical (unpaired) electrons. The number of carbonyl (C=O) groups excluding carboxylic acids is 2. The number of hydrogen-bond donors (Lipinski definition) is 0. The molecule has 0 spiro atoms. The number of carbonyl (C=O) groups is 2. The highest BCUT2D eigenvalue weighted by atomic mass is 32.2. The molecule has 2 aliphatic rings. The molecule has 2 aromatic carbocycles. The monoisotopic (exact) mass is 470 g/mol. The quantitative estimate of drug-likeness (QED) is 0.528. The van der Waals surface area contributed by atoms with Gasteiger partial charge in [-0.05, 0) is 54.8 Å². The standard InChI is InChI=1S/C25H30N2O5S/c1-3-4-5-6-7-14-33(30,31)21-9-10-22-18(16-21)12-13-27(22)24(28)19-8-11-23-20(15-19)17-26(2)25(29)32-23/h8-11,15-16H,3-7,12-14,17H2,1-2H3. The lowest BCUT2D eigenvalue weighted by molar-refractivity contribution is 0.0989. The second-order valence-electron chi connectivity index (χ2n) is 8.78. The number of sulfone groups is 1. The maximum absolute atomic E-state index is 13.2. The van der Waals surface area contributed by atoms with Crippen molar-refractivity contribution >= 4 is 27.5 Å². The maximum atomic E-state index is 13.2. The normalized spacial score (nSPS) is 15.3. The van der Waals surface area contributed by atoms with Gasteiger partial charge in [-0.25, -0.2) is 13.2 Å². The van der Waals surface area contributed by atoms with Crippen molar-refractivity contribution < 1.29 is 22.7 Å². The summed E-state index contributed by atoms with van der Waals surface area (Å²) >= 11 is 0. The average molecular weight is 471 g/mol. The molecule has 176 valence electrons. The Morgan fingerprint density at radius 1 is 1.03 bits per heavy atom. The maximum Gasteiger partial charge on any atom is 0.415 e. The summed E-state index contributed by atoms with van der Waals surface area (Å²) in [5.41, 5.74) is 2.92. The Labute approximate surface area is 195 Å². The van der Waals surface area contributed by atoms with Gasteiger partial charge >= 0.3 is 6.09 Å². The predicted molar refractivity (Wildman–Crippen MR) is 127 cm³/mol. The average Bonchev–Trinajstić information content (AvgIpc) is 3.22. The van der Waals surface area contributed by atoms with E-state index in [0.29, 0.717) is 42.1 Å². The van der Waals surface area contributed by atoms with Crippen molar-refractivity contribution in [2.24, 2.45) is 0 Å². The summed E-state index contributed by atoms with van der Waals surface area (Å²) in [7, 11) is -1.68. The summed E-state index contributed by atoms with van der Waals surface area (Å²) in [5, 5.41) is 0. The van der Waals surface area contributed by atoms with Gasteiger partial charge in [-0.15, -0.1) is 0 Å². The van der Waals surface area contributed by atoms with Gasteiger partial charge in [0.15, 0.2) is 9.84 Å². The van der Waals surface area contributed by atoms with Crippen molar-refractivity contribution in [2.45, 2.75) is 56.9 Å². The predicted octanol–water partition coefficient (Wildman–Crippen LogP) is 4.58. The molecule has 0 fully saturated rings. The van der Waals surface area contributed by atoms with Crippen LogP contribution >= 0.6 is 0 Å². The van der Waals surface area contributed by atoms with Crippen LogP contribution in [-0.4, -0.2) is 44.7 Å². The lowest BCUT2D eigenvalue weighted by Crippen LogP contribution is -2.34. The molecule has 8 heteroatoms. The lowest BCUT2D eigenvalue weighted by atomic mass is 10.1.